The number of ketones is 1. The highest BCUT2D eigenvalue weighted by molar-refractivity contribution is 6.38. The molecule has 5 amide bonds. The Balaban J connectivity index is 1.35. The lowest BCUT2D eigenvalue weighted by molar-refractivity contribution is -0.142. The molecule has 0 aromatic heterocycles. The maximum atomic E-state index is 13.5. The number of nitrogens with one attached hydrogen (secondary N) is 5. The number of alkyl carbamates (subject to hydrolysis) is 1. The number of carbonyl (C=O) groups excluding carboxylic acids is 6. The number of benzene rings is 1. The maximum absolute atomic E-state index is 13.5. The zero-order chi connectivity index (χ0) is 34.1. The highest BCUT2D eigenvalue weighted by Gasteiger charge is 2.41. The minimum Gasteiger partial charge on any atom is -0.479 e. The minimum atomic E-state index is -1.35. The van der Waals surface area contributed by atoms with Crippen LogP contribution in [-0.4, -0.2) is 77.9 Å². The van der Waals surface area contributed by atoms with E-state index in [0.29, 0.717) is 12.0 Å². The topological polar surface area (TPSA) is 209 Å². The summed E-state index contributed by atoms with van der Waals surface area (Å²) in [7, 11) is 0. The lowest BCUT2D eigenvalue weighted by Gasteiger charge is -2.25. The summed E-state index contributed by atoms with van der Waals surface area (Å²) < 4.78 is 5.18. The van der Waals surface area contributed by atoms with E-state index in [1.165, 1.54) is 12.1 Å². The third kappa shape index (κ3) is 11.7. The molecule has 4 atom stereocenters. The Morgan fingerprint density at radius 2 is 1.38 bits per heavy atom. The van der Waals surface area contributed by atoms with Gasteiger partial charge < -0.3 is 36.4 Å². The van der Waals surface area contributed by atoms with Crippen molar-refractivity contribution in [2.24, 2.45) is 23.7 Å². The van der Waals surface area contributed by atoms with Crippen LogP contribution in [0.4, 0.5) is 4.79 Å². The monoisotopic (exact) mass is 655 g/mol. The summed E-state index contributed by atoms with van der Waals surface area (Å²) in [6.45, 7) is 3.33. The lowest BCUT2D eigenvalue weighted by atomic mass is 10.0. The molecule has 1 aromatic carbocycles. The molecule has 256 valence electrons. The van der Waals surface area contributed by atoms with E-state index in [1.54, 1.807) is 18.2 Å². The number of Topliss-reactive ketones (excluding diaryl/α,β-unsaturated/α-hetero) is 1. The third-order valence-corrected chi connectivity index (χ3v) is 8.31. The Bertz CT molecular complexity index is 1320. The molecule has 4 rings (SSSR count). The number of rotatable bonds is 19. The third-order valence-electron chi connectivity index (χ3n) is 8.31. The minimum absolute atomic E-state index is 0.0743. The van der Waals surface area contributed by atoms with Gasteiger partial charge in [0.1, 0.15) is 12.1 Å². The standard InChI is InChI=1S/C33H45N5O9/c1-18(2)17-47-33(46)38-26(22-12-13-22)30(42)36-24(15-20-10-11-20)29(41)35-23(14-19-8-9-19)28(40)31(43)34-16-25(39)37-27(32(44)45)21-6-4-3-5-7-21/h3-7,18-20,22-24,26-27H,8-17H2,1-2H3,(H,34,43)(H,35,41)(H,36,42)(H,37,39)(H,38,46)(H,44,45). The Labute approximate surface area is 273 Å². The van der Waals surface area contributed by atoms with Crippen LogP contribution in [0.2, 0.25) is 0 Å². The van der Waals surface area contributed by atoms with Crippen LogP contribution in [0, 0.1) is 23.7 Å². The van der Waals surface area contributed by atoms with Crippen molar-refractivity contribution in [1.82, 2.24) is 26.6 Å². The van der Waals surface area contributed by atoms with Gasteiger partial charge in [-0.2, -0.15) is 0 Å². The summed E-state index contributed by atoms with van der Waals surface area (Å²) in [6, 6.07) is 3.64. The Hall–Kier alpha value is -4.49. The first kappa shape index (κ1) is 35.4. The van der Waals surface area contributed by atoms with E-state index in [0.717, 1.165) is 38.5 Å². The van der Waals surface area contributed by atoms with Crippen molar-refractivity contribution in [3.8, 4) is 0 Å². The van der Waals surface area contributed by atoms with Crippen LogP contribution in [0.1, 0.15) is 76.8 Å². The van der Waals surface area contributed by atoms with E-state index >= 15 is 0 Å². The molecule has 14 nitrogen and oxygen atoms in total. The van der Waals surface area contributed by atoms with Crippen molar-refractivity contribution in [2.75, 3.05) is 13.2 Å². The summed E-state index contributed by atoms with van der Waals surface area (Å²) >= 11 is 0. The molecular weight excluding hydrogens is 610 g/mol. The molecular formula is C33H45N5O9. The molecule has 3 fully saturated rings. The molecule has 0 saturated heterocycles. The normalized spacial score (nSPS) is 18.1. The van der Waals surface area contributed by atoms with Gasteiger partial charge in [-0.1, -0.05) is 69.9 Å². The predicted octanol–water partition coefficient (Wildman–Crippen LogP) is 1.34. The highest BCUT2D eigenvalue weighted by Crippen LogP contribution is 2.36. The SMILES string of the molecule is CC(C)COC(=O)NC(C(=O)NC(CC1CC1)C(=O)NC(CC1CC1)C(=O)C(=O)NCC(=O)NC(C(=O)O)c1ccccc1)C1CC1. The first-order chi connectivity index (χ1) is 22.4. The lowest BCUT2D eigenvalue weighted by Crippen LogP contribution is -2.57. The van der Waals surface area contributed by atoms with Crippen LogP contribution in [0.3, 0.4) is 0 Å². The number of carboxylic acid groups (broad SMARTS) is 1. The molecule has 3 aliphatic rings. The Morgan fingerprint density at radius 3 is 1.94 bits per heavy atom. The second-order valence-corrected chi connectivity index (χ2v) is 13.2. The van der Waals surface area contributed by atoms with Crippen molar-refractivity contribution in [3.63, 3.8) is 0 Å². The smallest absolute Gasteiger partial charge is 0.407 e. The average molecular weight is 656 g/mol. The van der Waals surface area contributed by atoms with E-state index in [2.05, 4.69) is 26.6 Å². The van der Waals surface area contributed by atoms with Crippen molar-refractivity contribution >= 4 is 41.5 Å². The van der Waals surface area contributed by atoms with E-state index < -0.39 is 72.2 Å². The van der Waals surface area contributed by atoms with Crippen molar-refractivity contribution in [1.29, 1.82) is 0 Å². The van der Waals surface area contributed by atoms with Crippen molar-refractivity contribution in [2.45, 2.75) is 89.4 Å². The van der Waals surface area contributed by atoms with Crippen LogP contribution in [0.15, 0.2) is 30.3 Å². The van der Waals surface area contributed by atoms with E-state index in [9.17, 15) is 38.7 Å². The summed E-state index contributed by atoms with van der Waals surface area (Å²) in [5.41, 5.74) is 0.334. The van der Waals surface area contributed by atoms with Gasteiger partial charge in [-0.25, -0.2) is 9.59 Å². The van der Waals surface area contributed by atoms with E-state index in [-0.39, 0.29) is 36.7 Å². The summed E-state index contributed by atoms with van der Waals surface area (Å²) in [4.78, 5) is 89.4. The van der Waals surface area contributed by atoms with Gasteiger partial charge in [-0.05, 0) is 54.9 Å². The fourth-order valence-electron chi connectivity index (χ4n) is 5.16. The van der Waals surface area contributed by atoms with Gasteiger partial charge in [0.15, 0.2) is 6.04 Å². The van der Waals surface area contributed by atoms with Crippen molar-refractivity contribution < 1.29 is 43.4 Å². The molecule has 0 radical (unpaired) electrons. The Morgan fingerprint density at radius 1 is 0.787 bits per heavy atom. The number of hydrogen-bond acceptors (Lipinski definition) is 8. The van der Waals surface area contributed by atoms with E-state index in [4.69, 9.17) is 4.74 Å². The fourth-order valence-corrected chi connectivity index (χ4v) is 5.16. The van der Waals surface area contributed by atoms with Crippen LogP contribution in [0.5, 0.6) is 0 Å². The zero-order valence-electron chi connectivity index (χ0n) is 26.8. The van der Waals surface area contributed by atoms with Crippen LogP contribution in [0.25, 0.3) is 0 Å². The number of carboxylic acids is 1. The number of amides is 5. The van der Waals surface area contributed by atoms with Gasteiger partial charge in [0, 0.05) is 0 Å². The molecule has 6 N–H and O–H groups in total. The highest BCUT2D eigenvalue weighted by atomic mass is 16.5. The van der Waals surface area contributed by atoms with E-state index in [1.807, 2.05) is 13.8 Å². The van der Waals surface area contributed by atoms with Gasteiger partial charge in [0.25, 0.3) is 5.91 Å². The second kappa shape index (κ2) is 16.4. The molecule has 47 heavy (non-hydrogen) atoms. The number of ether oxygens (including phenoxy) is 1. The molecule has 3 saturated carbocycles. The van der Waals surface area contributed by atoms with Gasteiger partial charge in [0.2, 0.25) is 23.5 Å². The largest absolute Gasteiger partial charge is 0.479 e. The number of aliphatic carboxylic acids is 1. The summed E-state index contributed by atoms with van der Waals surface area (Å²) in [5, 5.41) is 22.2. The Kier molecular flexibility index (Phi) is 12.3. The fraction of sp³-hybridized carbons (Fsp3) is 0.606. The molecule has 14 heteroatoms. The zero-order valence-corrected chi connectivity index (χ0v) is 26.8. The molecule has 0 spiro atoms. The second-order valence-electron chi connectivity index (χ2n) is 13.2. The molecule has 4 unspecified atom stereocenters. The average Bonchev–Trinajstić information content (AvgIpc) is 3.87. The van der Waals surface area contributed by atoms with Gasteiger partial charge in [-0.15, -0.1) is 0 Å². The molecule has 0 heterocycles. The van der Waals surface area contributed by atoms with Gasteiger partial charge in [-0.3, -0.25) is 24.0 Å². The number of hydrogen-bond donors (Lipinski definition) is 6. The first-order valence-corrected chi connectivity index (χ1v) is 16.3. The predicted molar refractivity (Wildman–Crippen MR) is 167 cm³/mol. The summed E-state index contributed by atoms with van der Waals surface area (Å²) in [5.74, 6) is -4.88. The first-order valence-electron chi connectivity index (χ1n) is 16.3. The van der Waals surface area contributed by atoms with Crippen molar-refractivity contribution in [3.05, 3.63) is 35.9 Å². The summed E-state index contributed by atoms with van der Waals surface area (Å²) in [6.07, 6.45) is 4.82. The molecule has 3 aliphatic carbocycles. The molecule has 0 aliphatic heterocycles. The molecule has 1 aromatic rings. The van der Waals surface area contributed by atoms with Crippen LogP contribution in [-0.2, 0) is 33.5 Å². The quantitative estimate of drug-likeness (QED) is 0.119. The number of carbonyl (C=O) groups is 7. The molecule has 0 bridgehead atoms. The van der Waals surface area contributed by atoms with Gasteiger partial charge in [0.05, 0.1) is 19.2 Å². The maximum Gasteiger partial charge on any atom is 0.407 e. The van der Waals surface area contributed by atoms with Gasteiger partial charge >= 0.3 is 12.1 Å². The van der Waals surface area contributed by atoms with Crippen LogP contribution >= 0.6 is 0 Å². The van der Waals surface area contributed by atoms with Crippen LogP contribution < -0.4 is 26.6 Å².